The Morgan fingerprint density at radius 2 is 1.78 bits per heavy atom. The minimum absolute atomic E-state index is 0.651. The molecular weight excluding hydrogens is 252 g/mol. The zero-order chi connectivity index (χ0) is 13.9. The van der Waals surface area contributed by atoms with E-state index < -0.39 is 56.0 Å². The number of rotatable bonds is 5. The van der Waals surface area contributed by atoms with Gasteiger partial charge in [-0.1, -0.05) is 0 Å². The SMILES string of the molecule is O=C(O)[C@@H](CO)O[C@@H]1OC(CO)[C@H](O)C(O)C1O. The van der Waals surface area contributed by atoms with Crippen molar-refractivity contribution in [2.24, 2.45) is 0 Å². The van der Waals surface area contributed by atoms with Crippen LogP contribution in [0.2, 0.25) is 0 Å². The van der Waals surface area contributed by atoms with Gasteiger partial charge in [0.1, 0.15) is 24.4 Å². The molecule has 9 nitrogen and oxygen atoms in total. The van der Waals surface area contributed by atoms with Gasteiger partial charge in [0.2, 0.25) is 0 Å². The fourth-order valence-corrected chi connectivity index (χ4v) is 1.52. The van der Waals surface area contributed by atoms with Crippen LogP contribution in [0, 0.1) is 0 Å². The van der Waals surface area contributed by atoms with Gasteiger partial charge in [-0.25, -0.2) is 4.79 Å². The van der Waals surface area contributed by atoms with E-state index in [2.05, 4.69) is 0 Å². The maximum absolute atomic E-state index is 10.6. The van der Waals surface area contributed by atoms with Crippen LogP contribution in [0.25, 0.3) is 0 Å². The molecule has 9 heteroatoms. The minimum Gasteiger partial charge on any atom is -0.479 e. The molecule has 0 aromatic carbocycles. The molecule has 6 atom stereocenters. The smallest absolute Gasteiger partial charge is 0.335 e. The van der Waals surface area contributed by atoms with Crippen molar-refractivity contribution in [1.29, 1.82) is 0 Å². The van der Waals surface area contributed by atoms with E-state index in [1.807, 2.05) is 0 Å². The van der Waals surface area contributed by atoms with Crippen LogP contribution in [0.3, 0.4) is 0 Å². The number of ether oxygens (including phenoxy) is 2. The molecule has 6 N–H and O–H groups in total. The summed E-state index contributed by atoms with van der Waals surface area (Å²) in [4.78, 5) is 10.6. The van der Waals surface area contributed by atoms with Crippen LogP contribution in [-0.2, 0) is 14.3 Å². The van der Waals surface area contributed by atoms with Crippen molar-refractivity contribution in [3.05, 3.63) is 0 Å². The predicted molar refractivity (Wildman–Crippen MR) is 53.4 cm³/mol. The molecule has 1 fully saturated rings. The van der Waals surface area contributed by atoms with Crippen molar-refractivity contribution in [2.75, 3.05) is 13.2 Å². The number of hydrogen-bond donors (Lipinski definition) is 6. The van der Waals surface area contributed by atoms with Gasteiger partial charge in [-0.05, 0) is 0 Å². The number of aliphatic hydroxyl groups is 5. The van der Waals surface area contributed by atoms with Gasteiger partial charge in [-0.3, -0.25) is 0 Å². The first-order valence-electron chi connectivity index (χ1n) is 5.22. The first kappa shape index (κ1) is 15.2. The molecule has 106 valence electrons. The molecule has 18 heavy (non-hydrogen) atoms. The Labute approximate surface area is 102 Å². The first-order valence-corrected chi connectivity index (χ1v) is 5.22. The Balaban J connectivity index is 2.72. The molecule has 0 aliphatic carbocycles. The monoisotopic (exact) mass is 268 g/mol. The van der Waals surface area contributed by atoms with Gasteiger partial charge in [-0.2, -0.15) is 0 Å². The van der Waals surface area contributed by atoms with Crippen LogP contribution in [-0.4, -0.2) is 86.6 Å². The average Bonchev–Trinajstić information content (AvgIpc) is 2.35. The molecule has 0 aromatic rings. The lowest BCUT2D eigenvalue weighted by molar-refractivity contribution is -0.311. The van der Waals surface area contributed by atoms with Crippen molar-refractivity contribution >= 4 is 5.97 Å². The van der Waals surface area contributed by atoms with Crippen molar-refractivity contribution in [3.63, 3.8) is 0 Å². The van der Waals surface area contributed by atoms with Crippen molar-refractivity contribution < 1.29 is 44.9 Å². The summed E-state index contributed by atoms with van der Waals surface area (Å²) in [6.07, 6.45) is -9.32. The fourth-order valence-electron chi connectivity index (χ4n) is 1.52. The van der Waals surface area contributed by atoms with Crippen LogP contribution in [0.1, 0.15) is 0 Å². The van der Waals surface area contributed by atoms with Crippen molar-refractivity contribution in [3.8, 4) is 0 Å². The van der Waals surface area contributed by atoms with Crippen LogP contribution < -0.4 is 0 Å². The number of carboxylic acid groups (broad SMARTS) is 1. The summed E-state index contributed by atoms with van der Waals surface area (Å²) in [5.74, 6) is -1.48. The molecule has 0 radical (unpaired) electrons. The molecule has 0 amide bonds. The van der Waals surface area contributed by atoms with Gasteiger partial charge < -0.3 is 40.1 Å². The van der Waals surface area contributed by atoms with E-state index >= 15 is 0 Å². The molecule has 0 bridgehead atoms. The van der Waals surface area contributed by atoms with E-state index in [1.54, 1.807) is 0 Å². The van der Waals surface area contributed by atoms with E-state index in [1.165, 1.54) is 0 Å². The van der Waals surface area contributed by atoms with E-state index in [9.17, 15) is 20.1 Å². The zero-order valence-electron chi connectivity index (χ0n) is 9.29. The van der Waals surface area contributed by atoms with Crippen LogP contribution in [0.5, 0.6) is 0 Å². The van der Waals surface area contributed by atoms with Gasteiger partial charge in [0.05, 0.1) is 13.2 Å². The second kappa shape index (κ2) is 6.38. The highest BCUT2D eigenvalue weighted by molar-refractivity contribution is 5.72. The Kier molecular flexibility index (Phi) is 5.41. The lowest BCUT2D eigenvalue weighted by Crippen LogP contribution is -2.60. The molecule has 0 saturated carbocycles. The number of hydrogen-bond acceptors (Lipinski definition) is 8. The maximum atomic E-state index is 10.6. The standard InChI is InChI=1S/C9H16O9/c10-1-3-5(12)6(13)7(14)9(17-3)18-4(2-11)8(15)16/h3-7,9-14H,1-2H2,(H,15,16)/t3?,4-,5+,6?,7?,9+/m1/s1. The van der Waals surface area contributed by atoms with Crippen LogP contribution in [0.4, 0.5) is 0 Å². The largest absolute Gasteiger partial charge is 0.479 e. The third-order valence-electron chi connectivity index (χ3n) is 2.59. The summed E-state index contributed by atoms with van der Waals surface area (Å²) in [5.41, 5.74) is 0. The van der Waals surface area contributed by atoms with Gasteiger partial charge in [0.25, 0.3) is 0 Å². The summed E-state index contributed by atoms with van der Waals surface area (Å²) in [5, 5.41) is 54.7. The Morgan fingerprint density at radius 1 is 1.17 bits per heavy atom. The highest BCUT2D eigenvalue weighted by Gasteiger charge is 2.45. The van der Waals surface area contributed by atoms with Gasteiger partial charge in [0, 0.05) is 0 Å². The van der Waals surface area contributed by atoms with Gasteiger partial charge in [0.15, 0.2) is 12.4 Å². The molecule has 1 saturated heterocycles. The van der Waals surface area contributed by atoms with E-state index in [4.69, 9.17) is 24.8 Å². The molecule has 0 spiro atoms. The number of carboxylic acids is 1. The second-order valence-electron chi connectivity index (χ2n) is 3.84. The molecule has 1 heterocycles. The summed E-state index contributed by atoms with van der Waals surface area (Å²) >= 11 is 0. The van der Waals surface area contributed by atoms with Gasteiger partial charge >= 0.3 is 5.97 Å². The first-order chi connectivity index (χ1) is 8.42. The Hall–Kier alpha value is -0.810. The number of carbonyl (C=O) groups is 1. The summed E-state index contributed by atoms with van der Waals surface area (Å²) in [7, 11) is 0. The van der Waals surface area contributed by atoms with Crippen molar-refractivity contribution in [2.45, 2.75) is 36.8 Å². The summed E-state index contributed by atoms with van der Waals surface area (Å²) < 4.78 is 9.67. The molecule has 0 aromatic heterocycles. The molecule has 1 aliphatic rings. The highest BCUT2D eigenvalue weighted by atomic mass is 16.7. The maximum Gasteiger partial charge on any atom is 0.335 e. The predicted octanol–water partition coefficient (Wildman–Crippen LogP) is -3.75. The highest BCUT2D eigenvalue weighted by Crippen LogP contribution is 2.22. The molecule has 1 rings (SSSR count). The number of aliphatic hydroxyl groups excluding tert-OH is 5. The van der Waals surface area contributed by atoms with Crippen LogP contribution in [0.15, 0.2) is 0 Å². The van der Waals surface area contributed by atoms with E-state index in [-0.39, 0.29) is 0 Å². The third kappa shape index (κ3) is 3.14. The van der Waals surface area contributed by atoms with Crippen LogP contribution >= 0.6 is 0 Å². The fraction of sp³-hybridized carbons (Fsp3) is 0.889. The van der Waals surface area contributed by atoms with Crippen molar-refractivity contribution in [1.82, 2.24) is 0 Å². The molecule has 1 aliphatic heterocycles. The molecular formula is C9H16O9. The van der Waals surface area contributed by atoms with E-state index in [0.29, 0.717) is 0 Å². The Morgan fingerprint density at radius 3 is 2.22 bits per heavy atom. The second-order valence-corrected chi connectivity index (χ2v) is 3.84. The third-order valence-corrected chi connectivity index (χ3v) is 2.59. The summed E-state index contributed by atoms with van der Waals surface area (Å²) in [6, 6.07) is 0. The summed E-state index contributed by atoms with van der Waals surface area (Å²) in [6.45, 7) is -1.51. The minimum atomic E-state index is -1.70. The number of aliphatic carboxylic acids is 1. The quantitative estimate of drug-likeness (QED) is 0.294. The average molecular weight is 268 g/mol. The Bertz CT molecular complexity index is 281. The van der Waals surface area contributed by atoms with Gasteiger partial charge in [-0.15, -0.1) is 0 Å². The lowest BCUT2D eigenvalue weighted by atomic mass is 9.99. The lowest BCUT2D eigenvalue weighted by Gasteiger charge is -2.40. The van der Waals surface area contributed by atoms with E-state index in [0.717, 1.165) is 0 Å². The topological polar surface area (TPSA) is 157 Å². The normalized spacial score (nSPS) is 38.4. The molecule has 3 unspecified atom stereocenters. The zero-order valence-corrected chi connectivity index (χ0v) is 9.29.